The van der Waals surface area contributed by atoms with Crippen LogP contribution in [0.1, 0.15) is 39.1 Å². The normalized spacial score (nSPS) is 14.3. The van der Waals surface area contributed by atoms with Gasteiger partial charge in [0.2, 0.25) is 5.91 Å². The Morgan fingerprint density at radius 2 is 1.41 bits per heavy atom. The lowest BCUT2D eigenvalue weighted by Gasteiger charge is -2.30. The van der Waals surface area contributed by atoms with Gasteiger partial charge in [0.15, 0.2) is 12.4 Å². The predicted molar refractivity (Wildman–Crippen MR) is 105 cm³/mol. The second-order valence-corrected chi connectivity index (χ2v) is 6.91. The topological polar surface area (TPSA) is 107 Å². The monoisotopic (exact) mass is 394 g/mol. The molecule has 0 radical (unpaired) electrons. The lowest BCUT2D eigenvalue weighted by Crippen LogP contribution is -2.43. The molecule has 2 aromatic carbocycles. The quantitative estimate of drug-likeness (QED) is 0.594. The molecule has 0 atom stereocenters. The molecule has 3 rings (SSSR count). The summed E-state index contributed by atoms with van der Waals surface area (Å²) < 4.78 is 5.10. The summed E-state index contributed by atoms with van der Waals surface area (Å²) in [4.78, 5) is 49.5. The molecule has 150 valence electrons. The number of benzene rings is 2. The highest BCUT2D eigenvalue weighted by Gasteiger charge is 2.26. The van der Waals surface area contributed by atoms with Crippen LogP contribution < -0.4 is 5.73 Å². The number of nitrogens with two attached hydrogens (primary N) is 1. The van der Waals surface area contributed by atoms with Crippen LogP contribution >= 0.6 is 0 Å². The first kappa shape index (κ1) is 20.3. The Kier molecular flexibility index (Phi) is 6.39. The number of ketones is 1. The van der Waals surface area contributed by atoms with Crippen molar-refractivity contribution in [2.24, 2.45) is 11.7 Å². The molecular weight excluding hydrogens is 372 g/mol. The highest BCUT2D eigenvalue weighted by Crippen LogP contribution is 2.17. The van der Waals surface area contributed by atoms with Gasteiger partial charge < -0.3 is 15.4 Å². The van der Waals surface area contributed by atoms with E-state index in [0.29, 0.717) is 37.1 Å². The van der Waals surface area contributed by atoms with Crippen LogP contribution in [0.2, 0.25) is 0 Å². The van der Waals surface area contributed by atoms with Gasteiger partial charge in [0, 0.05) is 30.1 Å². The summed E-state index contributed by atoms with van der Waals surface area (Å²) in [6.07, 6.45) is 1.04. The number of carbonyl (C=O) groups excluding carboxylic acids is 4. The molecule has 0 spiro atoms. The standard InChI is InChI=1S/C22H22N2O5/c23-21(27)17-10-12-24(13-11-17)19(25)14-29-22(28)18-8-6-16(7-9-18)20(26)15-4-2-1-3-5-15/h1-9,17H,10-14H2,(H2,23,27). The first-order chi connectivity index (χ1) is 14.0. The lowest BCUT2D eigenvalue weighted by molar-refractivity contribution is -0.137. The van der Waals surface area contributed by atoms with E-state index in [4.69, 9.17) is 10.5 Å². The van der Waals surface area contributed by atoms with Crippen molar-refractivity contribution in [1.29, 1.82) is 0 Å². The smallest absolute Gasteiger partial charge is 0.338 e. The maximum Gasteiger partial charge on any atom is 0.338 e. The van der Waals surface area contributed by atoms with E-state index >= 15 is 0 Å². The first-order valence-electron chi connectivity index (χ1n) is 9.39. The van der Waals surface area contributed by atoms with Gasteiger partial charge in [0.05, 0.1) is 5.56 Å². The second-order valence-electron chi connectivity index (χ2n) is 6.91. The number of hydrogen-bond donors (Lipinski definition) is 1. The average molecular weight is 394 g/mol. The van der Waals surface area contributed by atoms with E-state index in [1.165, 1.54) is 12.1 Å². The number of likely N-dealkylation sites (tertiary alicyclic amines) is 1. The van der Waals surface area contributed by atoms with Gasteiger partial charge in [0.1, 0.15) is 0 Å². The minimum absolute atomic E-state index is 0.139. The van der Waals surface area contributed by atoms with Crippen molar-refractivity contribution in [3.05, 3.63) is 71.3 Å². The molecule has 29 heavy (non-hydrogen) atoms. The zero-order chi connectivity index (χ0) is 20.8. The maximum absolute atomic E-state index is 12.4. The molecule has 1 aliphatic rings. The molecular formula is C22H22N2O5. The van der Waals surface area contributed by atoms with Crippen LogP contribution in [0.15, 0.2) is 54.6 Å². The Hall–Kier alpha value is -3.48. The molecule has 2 amide bonds. The summed E-state index contributed by atoms with van der Waals surface area (Å²) in [5.41, 5.74) is 6.56. The first-order valence-corrected chi connectivity index (χ1v) is 9.39. The summed E-state index contributed by atoms with van der Waals surface area (Å²) >= 11 is 0. The number of amides is 2. The fraction of sp³-hybridized carbons (Fsp3) is 0.273. The van der Waals surface area contributed by atoms with Crippen molar-refractivity contribution in [3.63, 3.8) is 0 Å². The summed E-state index contributed by atoms with van der Waals surface area (Å²) in [5.74, 6) is -1.64. The Bertz CT molecular complexity index is 901. The number of esters is 1. The SMILES string of the molecule is NC(=O)C1CCN(C(=O)COC(=O)c2ccc(C(=O)c3ccccc3)cc2)CC1. The Balaban J connectivity index is 1.51. The molecule has 0 unspecified atom stereocenters. The van der Waals surface area contributed by atoms with Crippen LogP contribution in [0.25, 0.3) is 0 Å². The van der Waals surface area contributed by atoms with Crippen molar-refractivity contribution < 1.29 is 23.9 Å². The van der Waals surface area contributed by atoms with Crippen molar-refractivity contribution in [1.82, 2.24) is 4.90 Å². The summed E-state index contributed by atoms with van der Waals surface area (Å²) in [5, 5.41) is 0. The molecule has 1 fully saturated rings. The van der Waals surface area contributed by atoms with Crippen molar-refractivity contribution in [2.45, 2.75) is 12.8 Å². The maximum atomic E-state index is 12.4. The summed E-state index contributed by atoms with van der Waals surface area (Å²) in [7, 11) is 0. The number of carbonyl (C=O) groups is 4. The fourth-order valence-corrected chi connectivity index (χ4v) is 3.23. The molecule has 1 heterocycles. The van der Waals surface area contributed by atoms with E-state index in [0.717, 1.165) is 0 Å². The van der Waals surface area contributed by atoms with E-state index in [1.807, 2.05) is 6.07 Å². The van der Waals surface area contributed by atoms with E-state index in [9.17, 15) is 19.2 Å². The molecule has 2 N–H and O–H groups in total. The van der Waals surface area contributed by atoms with Gasteiger partial charge in [-0.15, -0.1) is 0 Å². The van der Waals surface area contributed by atoms with Gasteiger partial charge in [-0.25, -0.2) is 4.79 Å². The van der Waals surface area contributed by atoms with E-state index in [1.54, 1.807) is 41.3 Å². The largest absolute Gasteiger partial charge is 0.452 e. The molecule has 1 saturated heterocycles. The number of primary amides is 1. The number of rotatable bonds is 6. The third kappa shape index (κ3) is 5.07. The number of hydrogen-bond acceptors (Lipinski definition) is 5. The minimum atomic E-state index is -0.635. The van der Waals surface area contributed by atoms with Gasteiger partial charge in [-0.1, -0.05) is 42.5 Å². The molecule has 0 saturated carbocycles. The van der Waals surface area contributed by atoms with Crippen LogP contribution in [0.5, 0.6) is 0 Å². The van der Waals surface area contributed by atoms with Crippen molar-refractivity contribution in [2.75, 3.05) is 19.7 Å². The van der Waals surface area contributed by atoms with Crippen LogP contribution in [-0.4, -0.2) is 48.2 Å². The molecule has 0 bridgehead atoms. The fourth-order valence-electron chi connectivity index (χ4n) is 3.23. The molecule has 0 aliphatic carbocycles. The van der Waals surface area contributed by atoms with Gasteiger partial charge in [-0.2, -0.15) is 0 Å². The second kappa shape index (κ2) is 9.14. The number of ether oxygens (including phenoxy) is 1. The lowest BCUT2D eigenvalue weighted by atomic mass is 9.96. The molecule has 1 aliphatic heterocycles. The van der Waals surface area contributed by atoms with Gasteiger partial charge in [-0.3, -0.25) is 14.4 Å². The highest BCUT2D eigenvalue weighted by molar-refractivity contribution is 6.09. The molecule has 0 aromatic heterocycles. The van der Waals surface area contributed by atoms with Crippen LogP contribution in [-0.2, 0) is 14.3 Å². The third-order valence-corrected chi connectivity index (χ3v) is 5.00. The van der Waals surface area contributed by atoms with E-state index in [-0.39, 0.29) is 35.7 Å². The molecule has 7 heteroatoms. The summed E-state index contributed by atoms with van der Waals surface area (Å²) in [6, 6.07) is 15.0. The molecule has 7 nitrogen and oxygen atoms in total. The Morgan fingerprint density at radius 3 is 2.00 bits per heavy atom. The zero-order valence-electron chi connectivity index (χ0n) is 15.9. The average Bonchev–Trinajstić information content (AvgIpc) is 2.77. The predicted octanol–water partition coefficient (Wildman–Crippen LogP) is 1.80. The van der Waals surface area contributed by atoms with E-state index in [2.05, 4.69) is 0 Å². The van der Waals surface area contributed by atoms with Gasteiger partial charge >= 0.3 is 5.97 Å². The zero-order valence-corrected chi connectivity index (χ0v) is 15.9. The third-order valence-electron chi connectivity index (χ3n) is 5.00. The summed E-state index contributed by atoms with van der Waals surface area (Å²) in [6.45, 7) is 0.464. The van der Waals surface area contributed by atoms with Crippen LogP contribution in [0.4, 0.5) is 0 Å². The van der Waals surface area contributed by atoms with Gasteiger partial charge in [0.25, 0.3) is 5.91 Å². The Labute approximate surface area is 168 Å². The Morgan fingerprint density at radius 1 is 0.862 bits per heavy atom. The minimum Gasteiger partial charge on any atom is -0.452 e. The van der Waals surface area contributed by atoms with Crippen LogP contribution in [0, 0.1) is 5.92 Å². The highest BCUT2D eigenvalue weighted by atomic mass is 16.5. The van der Waals surface area contributed by atoms with Crippen molar-refractivity contribution >= 4 is 23.6 Å². The molecule has 2 aromatic rings. The number of piperidine rings is 1. The van der Waals surface area contributed by atoms with Crippen LogP contribution in [0.3, 0.4) is 0 Å². The van der Waals surface area contributed by atoms with Crippen molar-refractivity contribution in [3.8, 4) is 0 Å². The number of nitrogens with zero attached hydrogens (tertiary/aromatic N) is 1. The van der Waals surface area contributed by atoms with E-state index < -0.39 is 5.97 Å². The van der Waals surface area contributed by atoms with Gasteiger partial charge in [-0.05, 0) is 25.0 Å².